The van der Waals surface area contributed by atoms with Gasteiger partial charge in [-0.1, -0.05) is 11.3 Å². The minimum atomic E-state index is -0.361. The summed E-state index contributed by atoms with van der Waals surface area (Å²) in [6, 6.07) is 5.67. The maximum absolute atomic E-state index is 10.5. The first-order valence-electron chi connectivity index (χ1n) is 5.62. The molecule has 2 rings (SSSR count). The molecule has 1 atom stereocenters. The molecule has 1 N–H and O–H groups in total. The van der Waals surface area contributed by atoms with E-state index in [0.717, 1.165) is 29.1 Å². The largest absolute Gasteiger partial charge is 0.469 e. The molecule has 6 heteroatoms. The SMILES string of the molecule is CC(Cc1ccco1)NCc1csc([N+](=O)[O-])c1. The first-order valence-corrected chi connectivity index (χ1v) is 6.50. The molecule has 5 nitrogen and oxygen atoms in total. The van der Waals surface area contributed by atoms with Crippen molar-refractivity contribution in [3.8, 4) is 0 Å². The van der Waals surface area contributed by atoms with Crippen LogP contribution >= 0.6 is 11.3 Å². The Morgan fingerprint density at radius 3 is 3.06 bits per heavy atom. The fourth-order valence-corrected chi connectivity index (χ4v) is 2.37. The molecule has 2 heterocycles. The Hall–Kier alpha value is -1.66. The minimum Gasteiger partial charge on any atom is -0.469 e. The summed E-state index contributed by atoms with van der Waals surface area (Å²) in [7, 11) is 0. The highest BCUT2D eigenvalue weighted by Crippen LogP contribution is 2.22. The summed E-state index contributed by atoms with van der Waals surface area (Å²) in [5, 5.41) is 15.9. The normalized spacial score (nSPS) is 12.5. The van der Waals surface area contributed by atoms with E-state index >= 15 is 0 Å². The van der Waals surface area contributed by atoms with Crippen LogP contribution in [0.2, 0.25) is 0 Å². The van der Waals surface area contributed by atoms with Gasteiger partial charge in [0.15, 0.2) is 0 Å². The number of hydrogen-bond acceptors (Lipinski definition) is 5. The van der Waals surface area contributed by atoms with Crippen molar-refractivity contribution in [3.05, 3.63) is 51.3 Å². The number of nitro groups is 1. The summed E-state index contributed by atoms with van der Waals surface area (Å²) < 4.78 is 5.26. The lowest BCUT2D eigenvalue weighted by Crippen LogP contribution is -2.27. The highest BCUT2D eigenvalue weighted by molar-refractivity contribution is 7.13. The third kappa shape index (κ3) is 3.41. The van der Waals surface area contributed by atoms with Crippen molar-refractivity contribution >= 4 is 16.3 Å². The van der Waals surface area contributed by atoms with Gasteiger partial charge in [-0.3, -0.25) is 10.1 Å². The molecule has 96 valence electrons. The van der Waals surface area contributed by atoms with Crippen molar-refractivity contribution in [1.29, 1.82) is 0 Å². The van der Waals surface area contributed by atoms with Gasteiger partial charge in [-0.05, 0) is 24.6 Å². The van der Waals surface area contributed by atoms with E-state index in [0.29, 0.717) is 6.54 Å². The molecule has 0 amide bonds. The predicted molar refractivity (Wildman–Crippen MR) is 69.7 cm³/mol. The Labute approximate surface area is 109 Å². The second-order valence-electron chi connectivity index (χ2n) is 4.12. The van der Waals surface area contributed by atoms with Crippen molar-refractivity contribution in [3.63, 3.8) is 0 Å². The van der Waals surface area contributed by atoms with E-state index in [4.69, 9.17) is 4.42 Å². The molecule has 0 radical (unpaired) electrons. The number of nitrogens with zero attached hydrogens (tertiary/aromatic N) is 1. The number of thiophene rings is 1. The molecule has 0 fully saturated rings. The van der Waals surface area contributed by atoms with Gasteiger partial charge in [0.2, 0.25) is 0 Å². The van der Waals surface area contributed by atoms with Gasteiger partial charge in [0.25, 0.3) is 0 Å². The van der Waals surface area contributed by atoms with Gasteiger partial charge in [-0.25, -0.2) is 0 Å². The van der Waals surface area contributed by atoms with Crippen molar-refractivity contribution in [2.24, 2.45) is 0 Å². The van der Waals surface area contributed by atoms with E-state index < -0.39 is 0 Å². The van der Waals surface area contributed by atoms with Gasteiger partial charge in [0.05, 0.1) is 11.2 Å². The highest BCUT2D eigenvalue weighted by Gasteiger charge is 2.10. The van der Waals surface area contributed by atoms with E-state index in [1.165, 1.54) is 0 Å². The molecule has 0 aliphatic rings. The van der Waals surface area contributed by atoms with Crippen LogP contribution in [-0.4, -0.2) is 11.0 Å². The van der Waals surface area contributed by atoms with Crippen LogP contribution in [0.4, 0.5) is 5.00 Å². The smallest absolute Gasteiger partial charge is 0.324 e. The lowest BCUT2D eigenvalue weighted by Gasteiger charge is -2.11. The van der Waals surface area contributed by atoms with Gasteiger partial charge in [-0.15, -0.1) is 0 Å². The molecule has 18 heavy (non-hydrogen) atoms. The zero-order chi connectivity index (χ0) is 13.0. The van der Waals surface area contributed by atoms with E-state index in [-0.39, 0.29) is 16.0 Å². The standard InChI is InChI=1S/C12H14N2O3S/c1-9(5-11-3-2-4-17-11)13-7-10-6-12(14(15)16)18-8-10/h2-4,6,8-9,13H,5,7H2,1H3. The van der Waals surface area contributed by atoms with Crippen LogP contribution in [0.15, 0.2) is 34.3 Å². The van der Waals surface area contributed by atoms with Crippen molar-refractivity contribution in [1.82, 2.24) is 5.32 Å². The molecule has 0 saturated carbocycles. The lowest BCUT2D eigenvalue weighted by molar-refractivity contribution is -0.380. The van der Waals surface area contributed by atoms with Crippen LogP contribution in [0, 0.1) is 10.1 Å². The van der Waals surface area contributed by atoms with E-state index in [1.807, 2.05) is 17.5 Å². The van der Waals surface area contributed by atoms with Crippen LogP contribution in [0.5, 0.6) is 0 Å². The molecule has 0 aliphatic heterocycles. The fourth-order valence-electron chi connectivity index (χ4n) is 1.65. The van der Waals surface area contributed by atoms with Crippen LogP contribution in [0.1, 0.15) is 18.2 Å². The summed E-state index contributed by atoms with van der Waals surface area (Å²) >= 11 is 1.16. The first-order chi connectivity index (χ1) is 8.65. The fraction of sp³-hybridized carbons (Fsp3) is 0.333. The number of rotatable bonds is 6. The second kappa shape index (κ2) is 5.79. The topological polar surface area (TPSA) is 68.3 Å². The molecule has 0 bridgehead atoms. The quantitative estimate of drug-likeness (QED) is 0.644. The molecular formula is C12H14N2O3S. The van der Waals surface area contributed by atoms with E-state index in [2.05, 4.69) is 12.2 Å². The third-order valence-corrected chi connectivity index (χ3v) is 3.49. The Kier molecular flexibility index (Phi) is 4.11. The Morgan fingerprint density at radius 1 is 1.61 bits per heavy atom. The van der Waals surface area contributed by atoms with Gasteiger partial charge >= 0.3 is 5.00 Å². The molecule has 2 aromatic rings. The summed E-state index contributed by atoms with van der Waals surface area (Å²) in [4.78, 5) is 10.2. The zero-order valence-electron chi connectivity index (χ0n) is 9.96. The molecule has 2 aromatic heterocycles. The number of nitrogens with one attached hydrogen (secondary N) is 1. The van der Waals surface area contributed by atoms with Crippen LogP contribution in [0.25, 0.3) is 0 Å². The lowest BCUT2D eigenvalue weighted by atomic mass is 10.2. The van der Waals surface area contributed by atoms with Crippen molar-refractivity contribution < 1.29 is 9.34 Å². The van der Waals surface area contributed by atoms with E-state index in [1.54, 1.807) is 12.3 Å². The molecule has 0 saturated heterocycles. The number of hydrogen-bond donors (Lipinski definition) is 1. The average molecular weight is 266 g/mol. The average Bonchev–Trinajstić information content (AvgIpc) is 2.96. The maximum Gasteiger partial charge on any atom is 0.324 e. The maximum atomic E-state index is 10.5. The second-order valence-corrected chi connectivity index (χ2v) is 5.01. The molecule has 0 aliphatic carbocycles. The first kappa shape index (κ1) is 12.8. The van der Waals surface area contributed by atoms with Crippen LogP contribution in [-0.2, 0) is 13.0 Å². The van der Waals surface area contributed by atoms with Crippen molar-refractivity contribution in [2.75, 3.05) is 0 Å². The Bertz CT molecular complexity index is 507. The zero-order valence-corrected chi connectivity index (χ0v) is 10.8. The Morgan fingerprint density at radius 2 is 2.44 bits per heavy atom. The minimum absolute atomic E-state index is 0.186. The summed E-state index contributed by atoms with van der Waals surface area (Å²) in [5.74, 6) is 0.936. The third-order valence-electron chi connectivity index (χ3n) is 2.56. The summed E-state index contributed by atoms with van der Waals surface area (Å²) in [6.45, 7) is 2.69. The van der Waals surface area contributed by atoms with Crippen LogP contribution in [0.3, 0.4) is 0 Å². The van der Waals surface area contributed by atoms with Gasteiger partial charge < -0.3 is 9.73 Å². The molecule has 0 aromatic carbocycles. The summed E-state index contributed by atoms with van der Waals surface area (Å²) in [5.41, 5.74) is 0.943. The molecular weight excluding hydrogens is 252 g/mol. The van der Waals surface area contributed by atoms with Crippen molar-refractivity contribution in [2.45, 2.75) is 25.9 Å². The van der Waals surface area contributed by atoms with Crippen LogP contribution < -0.4 is 5.32 Å². The van der Waals surface area contributed by atoms with E-state index in [9.17, 15) is 10.1 Å². The number of furan rings is 1. The predicted octanol–water partition coefficient (Wildman–Crippen LogP) is 2.97. The molecule has 1 unspecified atom stereocenters. The van der Waals surface area contributed by atoms with Gasteiger partial charge in [-0.2, -0.15) is 0 Å². The highest BCUT2D eigenvalue weighted by atomic mass is 32.1. The Balaban J connectivity index is 1.81. The van der Waals surface area contributed by atoms with Gasteiger partial charge in [0, 0.05) is 30.5 Å². The van der Waals surface area contributed by atoms with Gasteiger partial charge in [0.1, 0.15) is 5.76 Å². The summed E-state index contributed by atoms with van der Waals surface area (Å²) in [6.07, 6.45) is 2.46. The monoisotopic (exact) mass is 266 g/mol. The molecule has 0 spiro atoms.